The van der Waals surface area contributed by atoms with Crippen LogP contribution in [0.25, 0.3) is 0 Å². The van der Waals surface area contributed by atoms with Gasteiger partial charge in [0.25, 0.3) is 5.91 Å². The molecular formula is C19H28ClN3O3. The minimum atomic E-state index is -0.00804. The van der Waals surface area contributed by atoms with Crippen LogP contribution in [0.5, 0.6) is 5.75 Å². The molecule has 2 aliphatic rings. The minimum absolute atomic E-state index is 0. The van der Waals surface area contributed by atoms with Crippen molar-refractivity contribution < 1.29 is 14.3 Å². The van der Waals surface area contributed by atoms with Gasteiger partial charge < -0.3 is 20.7 Å². The van der Waals surface area contributed by atoms with Crippen molar-refractivity contribution in [3.8, 4) is 5.75 Å². The molecule has 1 aromatic carbocycles. The Morgan fingerprint density at radius 2 is 1.96 bits per heavy atom. The van der Waals surface area contributed by atoms with Crippen molar-refractivity contribution in [2.24, 2.45) is 17.6 Å². The third-order valence-corrected chi connectivity index (χ3v) is 5.22. The summed E-state index contributed by atoms with van der Waals surface area (Å²) in [6, 6.07) is 7.21. The first-order valence-electron chi connectivity index (χ1n) is 9.19. The number of rotatable bonds is 6. The van der Waals surface area contributed by atoms with Crippen molar-refractivity contribution in [1.82, 2.24) is 4.90 Å². The molecule has 26 heavy (non-hydrogen) atoms. The Labute approximate surface area is 160 Å². The molecule has 0 spiro atoms. The number of halogens is 1. The van der Waals surface area contributed by atoms with Crippen LogP contribution in [0.2, 0.25) is 0 Å². The molecule has 1 heterocycles. The van der Waals surface area contributed by atoms with E-state index in [2.05, 4.69) is 5.32 Å². The SMILES string of the molecule is Cl.NC[C@H]1CCC[C@H]1C(=O)Nc1cccc(OCC(=O)N2CCCC2)c1. The molecule has 1 saturated heterocycles. The van der Waals surface area contributed by atoms with Crippen LogP contribution < -0.4 is 15.8 Å². The fourth-order valence-corrected chi connectivity index (χ4v) is 3.77. The standard InChI is InChI=1S/C19H27N3O3.ClH/c20-12-14-5-3-8-17(14)19(24)21-15-6-4-7-16(11-15)25-13-18(23)22-9-1-2-10-22;/h4,6-7,11,14,17H,1-3,5,8-10,12-13,20H2,(H,21,24);1H/t14-,17-;/m1./s1. The van der Waals surface area contributed by atoms with Crippen molar-refractivity contribution in [2.45, 2.75) is 32.1 Å². The van der Waals surface area contributed by atoms with E-state index in [0.717, 1.165) is 45.2 Å². The maximum Gasteiger partial charge on any atom is 0.260 e. The fraction of sp³-hybridized carbons (Fsp3) is 0.579. The summed E-state index contributed by atoms with van der Waals surface area (Å²) in [6.07, 6.45) is 5.11. The van der Waals surface area contributed by atoms with E-state index in [1.165, 1.54) is 0 Å². The van der Waals surface area contributed by atoms with E-state index in [-0.39, 0.29) is 42.7 Å². The van der Waals surface area contributed by atoms with Crippen LogP contribution in [0, 0.1) is 11.8 Å². The highest BCUT2D eigenvalue weighted by molar-refractivity contribution is 5.93. The Morgan fingerprint density at radius 3 is 2.69 bits per heavy atom. The second kappa shape index (κ2) is 9.78. The Bertz CT molecular complexity index is 620. The van der Waals surface area contributed by atoms with Gasteiger partial charge >= 0.3 is 0 Å². The second-order valence-electron chi connectivity index (χ2n) is 6.93. The highest BCUT2D eigenvalue weighted by Crippen LogP contribution is 2.32. The Hall–Kier alpha value is -1.79. The van der Waals surface area contributed by atoms with Gasteiger partial charge in [-0.2, -0.15) is 0 Å². The third-order valence-electron chi connectivity index (χ3n) is 5.22. The minimum Gasteiger partial charge on any atom is -0.484 e. The topological polar surface area (TPSA) is 84.7 Å². The van der Waals surface area contributed by atoms with E-state index < -0.39 is 0 Å². The van der Waals surface area contributed by atoms with Gasteiger partial charge in [0.05, 0.1) is 0 Å². The predicted molar refractivity (Wildman–Crippen MR) is 104 cm³/mol. The zero-order chi connectivity index (χ0) is 17.6. The first kappa shape index (κ1) is 20.5. The van der Waals surface area contributed by atoms with E-state index in [1.54, 1.807) is 12.1 Å². The average Bonchev–Trinajstić information content (AvgIpc) is 3.31. The van der Waals surface area contributed by atoms with Gasteiger partial charge in [-0.3, -0.25) is 9.59 Å². The lowest BCUT2D eigenvalue weighted by atomic mass is 9.95. The highest BCUT2D eigenvalue weighted by atomic mass is 35.5. The summed E-state index contributed by atoms with van der Waals surface area (Å²) in [7, 11) is 0. The second-order valence-corrected chi connectivity index (χ2v) is 6.93. The molecule has 7 heteroatoms. The van der Waals surface area contributed by atoms with Crippen molar-refractivity contribution in [3.05, 3.63) is 24.3 Å². The maximum atomic E-state index is 12.5. The number of nitrogens with zero attached hydrogens (tertiary/aromatic N) is 1. The van der Waals surface area contributed by atoms with E-state index >= 15 is 0 Å². The smallest absolute Gasteiger partial charge is 0.260 e. The largest absolute Gasteiger partial charge is 0.484 e. The van der Waals surface area contributed by atoms with E-state index in [0.29, 0.717) is 18.0 Å². The first-order chi connectivity index (χ1) is 12.2. The van der Waals surface area contributed by atoms with Gasteiger partial charge in [0.1, 0.15) is 5.75 Å². The summed E-state index contributed by atoms with van der Waals surface area (Å²) in [5, 5.41) is 2.96. The van der Waals surface area contributed by atoms with Crippen molar-refractivity contribution in [3.63, 3.8) is 0 Å². The summed E-state index contributed by atoms with van der Waals surface area (Å²) in [5.74, 6) is 0.901. The molecule has 0 unspecified atom stereocenters. The van der Waals surface area contributed by atoms with E-state index in [4.69, 9.17) is 10.5 Å². The number of amides is 2. The third kappa shape index (κ3) is 5.11. The van der Waals surface area contributed by atoms with Crippen LogP contribution in [0.4, 0.5) is 5.69 Å². The van der Waals surface area contributed by atoms with Gasteiger partial charge in [-0.15, -0.1) is 12.4 Å². The van der Waals surface area contributed by atoms with Crippen LogP contribution in [-0.2, 0) is 9.59 Å². The average molecular weight is 382 g/mol. The van der Waals surface area contributed by atoms with Crippen LogP contribution in [0.1, 0.15) is 32.1 Å². The molecule has 2 amide bonds. The monoisotopic (exact) mass is 381 g/mol. The molecule has 1 saturated carbocycles. The molecular weight excluding hydrogens is 354 g/mol. The van der Waals surface area contributed by atoms with Gasteiger partial charge in [0, 0.05) is 30.8 Å². The molecule has 6 nitrogen and oxygen atoms in total. The number of hydrogen-bond donors (Lipinski definition) is 2. The van der Waals surface area contributed by atoms with Gasteiger partial charge in [0.15, 0.2) is 6.61 Å². The number of likely N-dealkylation sites (tertiary alicyclic amines) is 1. The lowest BCUT2D eigenvalue weighted by Crippen LogP contribution is -2.32. The summed E-state index contributed by atoms with van der Waals surface area (Å²) < 4.78 is 5.61. The Morgan fingerprint density at radius 1 is 1.19 bits per heavy atom. The summed E-state index contributed by atoms with van der Waals surface area (Å²) >= 11 is 0. The molecule has 3 N–H and O–H groups in total. The molecule has 0 aromatic heterocycles. The van der Waals surface area contributed by atoms with Crippen LogP contribution >= 0.6 is 12.4 Å². The summed E-state index contributed by atoms with van der Waals surface area (Å²) in [4.78, 5) is 26.3. The quantitative estimate of drug-likeness (QED) is 0.792. The van der Waals surface area contributed by atoms with Gasteiger partial charge in [-0.1, -0.05) is 12.5 Å². The van der Waals surface area contributed by atoms with Gasteiger partial charge in [-0.25, -0.2) is 0 Å². The van der Waals surface area contributed by atoms with Crippen LogP contribution in [-0.4, -0.2) is 43.0 Å². The fourth-order valence-electron chi connectivity index (χ4n) is 3.77. The normalized spacial score (nSPS) is 22.0. The molecule has 2 fully saturated rings. The summed E-state index contributed by atoms with van der Waals surface area (Å²) in [5.41, 5.74) is 6.46. The zero-order valence-electron chi connectivity index (χ0n) is 15.0. The highest BCUT2D eigenvalue weighted by Gasteiger charge is 2.31. The Balaban J connectivity index is 0.00000243. The molecule has 0 bridgehead atoms. The zero-order valence-corrected chi connectivity index (χ0v) is 15.8. The molecule has 0 radical (unpaired) electrons. The van der Waals surface area contributed by atoms with E-state index in [1.807, 2.05) is 17.0 Å². The number of carbonyl (C=O) groups is 2. The Kier molecular flexibility index (Phi) is 7.72. The predicted octanol–water partition coefficient (Wildman–Crippen LogP) is 2.42. The molecule has 3 rings (SSSR count). The number of nitrogens with two attached hydrogens (primary N) is 1. The maximum absolute atomic E-state index is 12.5. The number of anilines is 1. The number of benzene rings is 1. The van der Waals surface area contributed by atoms with Gasteiger partial charge in [0.2, 0.25) is 5.91 Å². The van der Waals surface area contributed by atoms with Crippen molar-refractivity contribution >= 4 is 29.9 Å². The molecule has 2 atom stereocenters. The number of carbonyl (C=O) groups excluding carboxylic acids is 2. The molecule has 144 valence electrons. The molecule has 1 aromatic rings. The number of hydrogen-bond acceptors (Lipinski definition) is 4. The van der Waals surface area contributed by atoms with E-state index in [9.17, 15) is 9.59 Å². The summed E-state index contributed by atoms with van der Waals surface area (Å²) in [6.45, 7) is 2.24. The van der Waals surface area contributed by atoms with Crippen LogP contribution in [0.15, 0.2) is 24.3 Å². The number of nitrogens with one attached hydrogen (secondary N) is 1. The lowest BCUT2D eigenvalue weighted by Gasteiger charge is -2.18. The van der Waals surface area contributed by atoms with Crippen molar-refractivity contribution in [1.29, 1.82) is 0 Å². The van der Waals surface area contributed by atoms with Crippen molar-refractivity contribution in [2.75, 3.05) is 31.6 Å². The molecule has 1 aliphatic heterocycles. The molecule has 1 aliphatic carbocycles. The first-order valence-corrected chi connectivity index (χ1v) is 9.19. The number of ether oxygens (including phenoxy) is 1. The van der Waals surface area contributed by atoms with Gasteiger partial charge in [-0.05, 0) is 50.3 Å². The lowest BCUT2D eigenvalue weighted by molar-refractivity contribution is -0.132. The van der Waals surface area contributed by atoms with Crippen LogP contribution in [0.3, 0.4) is 0 Å².